The number of rotatable bonds is 3. The van der Waals surface area contributed by atoms with Crippen LogP contribution in [-0.2, 0) is 0 Å². The van der Waals surface area contributed by atoms with E-state index in [0.717, 1.165) is 19.4 Å². The van der Waals surface area contributed by atoms with Crippen molar-refractivity contribution in [3.8, 4) is 0 Å². The first-order valence-corrected chi connectivity index (χ1v) is 6.02. The Hall–Kier alpha value is -0.840. The number of carbonyl (C=O) groups is 1. The molecule has 1 atom stereocenters. The lowest BCUT2D eigenvalue weighted by Crippen LogP contribution is -2.37. The van der Waals surface area contributed by atoms with Gasteiger partial charge in [0.15, 0.2) is 0 Å². The molecule has 18 heavy (non-hydrogen) atoms. The molecule has 3 nitrogen and oxygen atoms in total. The van der Waals surface area contributed by atoms with Crippen molar-refractivity contribution in [3.63, 3.8) is 0 Å². The number of benzene rings is 1. The number of hydrogen-bond donors (Lipinski definition) is 2. The molecule has 2 N–H and O–H groups in total. The molecule has 0 aliphatic carbocycles. The Morgan fingerprint density at radius 1 is 1.56 bits per heavy atom. The molecule has 1 amide bonds. The van der Waals surface area contributed by atoms with E-state index in [1.165, 1.54) is 18.2 Å². The average Bonchev–Trinajstić information content (AvgIpc) is 2.82. The predicted octanol–water partition coefficient (Wildman–Crippen LogP) is 2.38. The van der Waals surface area contributed by atoms with Crippen LogP contribution in [0.25, 0.3) is 0 Å². The maximum atomic E-state index is 13.2. The molecule has 1 heterocycles. The van der Waals surface area contributed by atoms with Gasteiger partial charge in [-0.15, -0.1) is 12.4 Å². The third kappa shape index (κ3) is 3.57. The monoisotopic (exact) mass is 292 g/mol. The van der Waals surface area contributed by atoms with Crippen LogP contribution in [0.4, 0.5) is 4.39 Å². The largest absolute Gasteiger partial charge is 0.350 e. The van der Waals surface area contributed by atoms with Crippen molar-refractivity contribution in [3.05, 3.63) is 34.6 Å². The quantitative estimate of drug-likeness (QED) is 0.898. The average molecular weight is 293 g/mol. The van der Waals surface area contributed by atoms with Crippen LogP contribution in [0, 0.1) is 5.82 Å². The minimum absolute atomic E-state index is 0. The third-order valence-electron chi connectivity index (χ3n) is 2.87. The summed E-state index contributed by atoms with van der Waals surface area (Å²) in [6.07, 6.45) is 2.18. The van der Waals surface area contributed by atoms with Gasteiger partial charge < -0.3 is 10.6 Å². The van der Waals surface area contributed by atoms with Gasteiger partial charge in [-0.25, -0.2) is 4.39 Å². The molecule has 1 aliphatic rings. The summed E-state index contributed by atoms with van der Waals surface area (Å²) in [4.78, 5) is 11.8. The van der Waals surface area contributed by atoms with Crippen molar-refractivity contribution < 1.29 is 9.18 Å². The van der Waals surface area contributed by atoms with E-state index in [0.29, 0.717) is 12.6 Å². The Morgan fingerprint density at radius 2 is 2.33 bits per heavy atom. The van der Waals surface area contributed by atoms with Gasteiger partial charge in [-0.2, -0.15) is 0 Å². The first kappa shape index (κ1) is 15.2. The van der Waals surface area contributed by atoms with Crippen LogP contribution in [-0.4, -0.2) is 25.0 Å². The van der Waals surface area contributed by atoms with Crippen LogP contribution in [0.2, 0.25) is 5.02 Å². The van der Waals surface area contributed by atoms with E-state index in [2.05, 4.69) is 10.6 Å². The highest BCUT2D eigenvalue weighted by atomic mass is 35.5. The van der Waals surface area contributed by atoms with Crippen LogP contribution in [0.3, 0.4) is 0 Å². The SMILES string of the molecule is Cl.O=C(NCC1CCCN1)c1cccc(F)c1Cl. The van der Waals surface area contributed by atoms with Gasteiger partial charge in [0, 0.05) is 12.6 Å². The maximum Gasteiger partial charge on any atom is 0.252 e. The summed E-state index contributed by atoms with van der Waals surface area (Å²) in [5.74, 6) is -0.901. The number of halogens is 3. The second kappa shape index (κ2) is 6.92. The van der Waals surface area contributed by atoms with E-state index in [-0.39, 0.29) is 28.9 Å². The fourth-order valence-electron chi connectivity index (χ4n) is 1.92. The van der Waals surface area contributed by atoms with Gasteiger partial charge >= 0.3 is 0 Å². The Balaban J connectivity index is 0.00000162. The minimum atomic E-state index is -0.571. The second-order valence-corrected chi connectivity index (χ2v) is 4.48. The molecule has 1 unspecified atom stereocenters. The number of hydrogen-bond acceptors (Lipinski definition) is 2. The fourth-order valence-corrected chi connectivity index (χ4v) is 2.13. The van der Waals surface area contributed by atoms with Gasteiger partial charge in [0.2, 0.25) is 0 Å². The summed E-state index contributed by atoms with van der Waals surface area (Å²) < 4.78 is 13.2. The molecular weight excluding hydrogens is 278 g/mol. The molecule has 1 aliphatic heterocycles. The molecule has 2 rings (SSSR count). The summed E-state index contributed by atoms with van der Waals surface area (Å²) in [5.41, 5.74) is 0.185. The highest BCUT2D eigenvalue weighted by Gasteiger charge is 2.17. The van der Waals surface area contributed by atoms with E-state index >= 15 is 0 Å². The summed E-state index contributed by atoms with van der Waals surface area (Å²) in [7, 11) is 0. The van der Waals surface area contributed by atoms with Crippen molar-refractivity contribution in [2.75, 3.05) is 13.1 Å². The van der Waals surface area contributed by atoms with Crippen LogP contribution < -0.4 is 10.6 Å². The molecule has 1 fully saturated rings. The molecule has 1 aromatic rings. The second-order valence-electron chi connectivity index (χ2n) is 4.10. The zero-order valence-electron chi connectivity index (χ0n) is 9.71. The number of nitrogens with one attached hydrogen (secondary N) is 2. The maximum absolute atomic E-state index is 13.2. The van der Waals surface area contributed by atoms with Crippen molar-refractivity contribution in [1.29, 1.82) is 0 Å². The van der Waals surface area contributed by atoms with E-state index in [9.17, 15) is 9.18 Å². The molecule has 0 spiro atoms. The molecular formula is C12H15Cl2FN2O. The standard InChI is InChI=1S/C12H14ClFN2O.ClH/c13-11-9(4-1-5-10(11)14)12(17)16-7-8-3-2-6-15-8;/h1,4-5,8,15H,2-3,6-7H2,(H,16,17);1H. The van der Waals surface area contributed by atoms with Crippen LogP contribution >= 0.6 is 24.0 Å². The summed E-state index contributed by atoms with van der Waals surface area (Å²) in [5, 5.41) is 5.90. The van der Waals surface area contributed by atoms with Gasteiger partial charge in [-0.3, -0.25) is 4.79 Å². The van der Waals surface area contributed by atoms with Crippen LogP contribution in [0.5, 0.6) is 0 Å². The van der Waals surface area contributed by atoms with E-state index in [1.54, 1.807) is 0 Å². The smallest absolute Gasteiger partial charge is 0.252 e. The lowest BCUT2D eigenvalue weighted by molar-refractivity contribution is 0.0950. The zero-order valence-corrected chi connectivity index (χ0v) is 11.3. The highest BCUT2D eigenvalue weighted by molar-refractivity contribution is 6.34. The Labute approximate surface area is 116 Å². The third-order valence-corrected chi connectivity index (χ3v) is 3.25. The molecule has 0 aromatic heterocycles. The van der Waals surface area contributed by atoms with Gasteiger partial charge in [0.05, 0.1) is 10.6 Å². The molecule has 100 valence electrons. The Kier molecular flexibility index (Phi) is 5.85. The summed E-state index contributed by atoms with van der Waals surface area (Å²) in [6, 6.07) is 4.54. The lowest BCUT2D eigenvalue weighted by Gasteiger charge is -2.12. The van der Waals surface area contributed by atoms with Crippen LogP contribution in [0.1, 0.15) is 23.2 Å². The van der Waals surface area contributed by atoms with E-state index in [1.807, 2.05) is 0 Å². The van der Waals surface area contributed by atoms with Crippen molar-refractivity contribution in [1.82, 2.24) is 10.6 Å². The van der Waals surface area contributed by atoms with Crippen LogP contribution in [0.15, 0.2) is 18.2 Å². The lowest BCUT2D eigenvalue weighted by atomic mass is 10.2. The fraction of sp³-hybridized carbons (Fsp3) is 0.417. The van der Waals surface area contributed by atoms with Gasteiger partial charge in [-0.1, -0.05) is 17.7 Å². The van der Waals surface area contributed by atoms with Gasteiger partial charge in [0.1, 0.15) is 5.82 Å². The minimum Gasteiger partial charge on any atom is -0.350 e. The Morgan fingerprint density at radius 3 is 3.00 bits per heavy atom. The molecule has 0 saturated carbocycles. The predicted molar refractivity (Wildman–Crippen MR) is 72.0 cm³/mol. The molecule has 6 heteroatoms. The molecule has 0 bridgehead atoms. The van der Waals surface area contributed by atoms with Gasteiger partial charge in [-0.05, 0) is 31.5 Å². The van der Waals surface area contributed by atoms with E-state index < -0.39 is 5.82 Å². The van der Waals surface area contributed by atoms with E-state index in [4.69, 9.17) is 11.6 Å². The number of carbonyl (C=O) groups excluding carboxylic acids is 1. The topological polar surface area (TPSA) is 41.1 Å². The molecule has 0 radical (unpaired) electrons. The first-order valence-electron chi connectivity index (χ1n) is 5.64. The molecule has 1 aromatic carbocycles. The van der Waals surface area contributed by atoms with Crippen molar-refractivity contribution in [2.45, 2.75) is 18.9 Å². The summed E-state index contributed by atoms with van der Waals surface area (Å²) in [6.45, 7) is 1.53. The number of amides is 1. The first-order chi connectivity index (χ1) is 8.18. The normalized spacial score (nSPS) is 18.2. The van der Waals surface area contributed by atoms with Crippen molar-refractivity contribution in [2.24, 2.45) is 0 Å². The van der Waals surface area contributed by atoms with Crippen molar-refractivity contribution >= 4 is 29.9 Å². The Bertz CT molecular complexity index is 423. The summed E-state index contributed by atoms with van der Waals surface area (Å²) >= 11 is 5.73. The van der Waals surface area contributed by atoms with Gasteiger partial charge in [0.25, 0.3) is 5.91 Å². The molecule has 1 saturated heterocycles. The zero-order chi connectivity index (χ0) is 12.3. The highest BCUT2D eigenvalue weighted by Crippen LogP contribution is 2.19.